The van der Waals surface area contributed by atoms with Gasteiger partial charge in [-0.2, -0.15) is 11.4 Å². The summed E-state index contributed by atoms with van der Waals surface area (Å²) in [4.78, 5) is 14.4. The first-order valence-electron chi connectivity index (χ1n) is 3.61. The van der Waals surface area contributed by atoms with Crippen molar-refractivity contribution in [2.45, 2.75) is 25.3 Å². The second-order valence-corrected chi connectivity index (χ2v) is 2.26. The Balaban J connectivity index is 3.28. The molecule has 1 atom stereocenters. The molecule has 0 saturated carbocycles. The highest BCUT2D eigenvalue weighted by atomic mass is 16.8. The largest absolute Gasteiger partial charge is 0.330 e. The van der Waals surface area contributed by atoms with Crippen molar-refractivity contribution in [3.63, 3.8) is 0 Å². The summed E-state index contributed by atoms with van der Waals surface area (Å²) in [5.74, 6) is 4.71. The van der Waals surface area contributed by atoms with E-state index in [1.54, 1.807) is 0 Å². The van der Waals surface area contributed by atoms with Gasteiger partial charge >= 0.3 is 0 Å². The van der Waals surface area contributed by atoms with Crippen LogP contribution in [0.1, 0.15) is 19.3 Å². The van der Waals surface area contributed by atoms with Crippen molar-refractivity contribution in [1.29, 1.82) is 0 Å². The van der Waals surface area contributed by atoms with Gasteiger partial charge in [0.1, 0.15) is 6.29 Å². The van der Waals surface area contributed by atoms with Gasteiger partial charge in [-0.05, 0) is 19.4 Å². The molecule has 0 aromatic rings. The van der Waals surface area contributed by atoms with E-state index >= 15 is 0 Å². The summed E-state index contributed by atoms with van der Waals surface area (Å²) in [6, 6.07) is -0.313. The summed E-state index contributed by atoms with van der Waals surface area (Å²) < 4.78 is 0. The Morgan fingerprint density at radius 1 is 1.55 bits per heavy atom. The second-order valence-electron chi connectivity index (χ2n) is 2.26. The van der Waals surface area contributed by atoms with E-state index in [-0.39, 0.29) is 6.04 Å². The van der Waals surface area contributed by atoms with E-state index in [9.17, 15) is 4.79 Å². The maximum absolute atomic E-state index is 10.3. The van der Waals surface area contributed by atoms with Crippen LogP contribution in [0.25, 0.3) is 0 Å². The van der Waals surface area contributed by atoms with Crippen molar-refractivity contribution in [3.8, 4) is 0 Å². The van der Waals surface area contributed by atoms with Gasteiger partial charge in [0, 0.05) is 0 Å². The molecule has 0 aliphatic rings. The predicted molar refractivity (Wildman–Crippen MR) is 41.2 cm³/mol. The van der Waals surface area contributed by atoms with E-state index < -0.39 is 0 Å². The molecule has 0 radical (unpaired) electrons. The van der Waals surface area contributed by atoms with Crippen molar-refractivity contribution in [1.82, 2.24) is 5.48 Å². The molecule has 0 spiro atoms. The Hall–Kier alpha value is -0.490. The lowest BCUT2D eigenvalue weighted by molar-refractivity contribution is -0.114. The van der Waals surface area contributed by atoms with Gasteiger partial charge in [-0.3, -0.25) is 0 Å². The molecule has 0 saturated heterocycles. The Kier molecular flexibility index (Phi) is 7.28. The topological polar surface area (TPSA) is 90.4 Å². The first kappa shape index (κ1) is 10.5. The van der Waals surface area contributed by atoms with Crippen LogP contribution >= 0.6 is 0 Å². The van der Waals surface area contributed by atoms with Crippen LogP contribution in [-0.2, 0) is 9.73 Å². The molecule has 5 heteroatoms. The number of hydroxylamine groups is 1. The summed E-state index contributed by atoms with van der Waals surface area (Å²) in [6.07, 6.45) is 3.29. The number of carbonyl (C=O) groups excluding carboxylic acids is 1. The van der Waals surface area contributed by atoms with E-state index in [1.807, 2.05) is 0 Å². The van der Waals surface area contributed by atoms with E-state index in [2.05, 4.69) is 10.4 Å². The molecule has 66 valence electrons. The smallest absolute Gasteiger partial charge is 0.139 e. The van der Waals surface area contributed by atoms with E-state index in [0.29, 0.717) is 13.0 Å². The third-order valence-corrected chi connectivity index (χ3v) is 1.35. The summed E-state index contributed by atoms with van der Waals surface area (Å²) in [6.45, 7) is 0.648. The van der Waals surface area contributed by atoms with Gasteiger partial charge in [-0.25, -0.2) is 4.94 Å². The van der Waals surface area contributed by atoms with Gasteiger partial charge in [-0.15, -0.1) is 0 Å². The van der Waals surface area contributed by atoms with Crippen LogP contribution in [0.15, 0.2) is 0 Å². The van der Waals surface area contributed by atoms with Gasteiger partial charge in [0.05, 0.1) is 6.04 Å². The zero-order valence-corrected chi connectivity index (χ0v) is 6.45. The zero-order chi connectivity index (χ0) is 8.53. The van der Waals surface area contributed by atoms with Crippen LogP contribution in [0, 0.1) is 0 Å². The van der Waals surface area contributed by atoms with Crippen LogP contribution in [0.5, 0.6) is 0 Å². The van der Waals surface area contributed by atoms with Crippen molar-refractivity contribution < 1.29 is 9.73 Å². The average molecular weight is 161 g/mol. The molecular formula is C6H15N3O2. The fourth-order valence-corrected chi connectivity index (χ4v) is 0.751. The number of carbonyl (C=O) groups is 1. The standard InChI is InChI=1S/C6H15N3O2/c7-4-2-1-3-6(5-10)9-11-8/h5-6,9H,1-4,7-8H2/t6-/m0/s1. The van der Waals surface area contributed by atoms with Crippen molar-refractivity contribution >= 4 is 6.29 Å². The van der Waals surface area contributed by atoms with Crippen LogP contribution in [0.3, 0.4) is 0 Å². The summed E-state index contributed by atoms with van der Waals surface area (Å²) >= 11 is 0. The number of nitrogens with two attached hydrogens (primary N) is 2. The molecule has 0 bridgehead atoms. The fourth-order valence-electron chi connectivity index (χ4n) is 0.751. The Labute approximate surface area is 66.0 Å². The molecule has 5 nitrogen and oxygen atoms in total. The third kappa shape index (κ3) is 5.93. The van der Waals surface area contributed by atoms with Crippen LogP contribution < -0.4 is 17.1 Å². The zero-order valence-electron chi connectivity index (χ0n) is 6.45. The summed E-state index contributed by atoms with van der Waals surface area (Å²) in [5, 5.41) is 0. The van der Waals surface area contributed by atoms with Crippen molar-refractivity contribution in [3.05, 3.63) is 0 Å². The normalized spacial score (nSPS) is 12.9. The summed E-state index contributed by atoms with van der Waals surface area (Å²) in [5.41, 5.74) is 7.63. The lowest BCUT2D eigenvalue weighted by Gasteiger charge is -2.08. The minimum atomic E-state index is -0.313. The maximum atomic E-state index is 10.3. The highest BCUT2D eigenvalue weighted by molar-refractivity contribution is 5.56. The lowest BCUT2D eigenvalue weighted by Crippen LogP contribution is -2.33. The number of nitrogens with one attached hydrogen (secondary N) is 1. The molecular weight excluding hydrogens is 146 g/mol. The Morgan fingerprint density at radius 3 is 2.73 bits per heavy atom. The first-order valence-corrected chi connectivity index (χ1v) is 3.61. The molecule has 0 unspecified atom stereocenters. The van der Waals surface area contributed by atoms with Crippen molar-refractivity contribution in [2.24, 2.45) is 11.6 Å². The molecule has 0 aromatic heterocycles. The number of hydrogen-bond acceptors (Lipinski definition) is 5. The van der Waals surface area contributed by atoms with Gasteiger partial charge in [0.15, 0.2) is 0 Å². The first-order chi connectivity index (χ1) is 5.35. The molecule has 11 heavy (non-hydrogen) atoms. The number of rotatable bonds is 7. The average Bonchev–Trinajstić information content (AvgIpc) is 2.03. The predicted octanol–water partition coefficient (Wildman–Crippen LogP) is -0.922. The monoisotopic (exact) mass is 161 g/mol. The molecule has 0 aliphatic carbocycles. The second kappa shape index (κ2) is 7.62. The fraction of sp³-hybridized carbons (Fsp3) is 0.833. The molecule has 0 aromatic carbocycles. The molecule has 5 N–H and O–H groups in total. The van der Waals surface area contributed by atoms with E-state index in [1.165, 1.54) is 0 Å². The van der Waals surface area contributed by atoms with Crippen LogP contribution in [0.4, 0.5) is 0 Å². The van der Waals surface area contributed by atoms with Crippen molar-refractivity contribution in [2.75, 3.05) is 6.54 Å². The third-order valence-electron chi connectivity index (χ3n) is 1.35. The maximum Gasteiger partial charge on any atom is 0.139 e. The highest BCUT2D eigenvalue weighted by Crippen LogP contribution is 1.97. The lowest BCUT2D eigenvalue weighted by atomic mass is 10.1. The SMILES string of the molecule is NCCCC[C@@H](C=O)NON. The number of aldehydes is 1. The van der Waals surface area contributed by atoms with Gasteiger partial charge in [0.25, 0.3) is 0 Å². The molecule has 0 rings (SSSR count). The molecule has 0 heterocycles. The van der Waals surface area contributed by atoms with Gasteiger partial charge in [0.2, 0.25) is 0 Å². The van der Waals surface area contributed by atoms with E-state index in [4.69, 9.17) is 11.6 Å². The minimum Gasteiger partial charge on any atom is -0.330 e. The molecule has 0 aliphatic heterocycles. The van der Waals surface area contributed by atoms with Gasteiger partial charge < -0.3 is 10.5 Å². The Morgan fingerprint density at radius 2 is 2.27 bits per heavy atom. The number of unbranched alkanes of at least 4 members (excludes halogenated alkanes) is 1. The summed E-state index contributed by atoms with van der Waals surface area (Å²) in [7, 11) is 0. The van der Waals surface area contributed by atoms with E-state index in [0.717, 1.165) is 19.1 Å². The minimum absolute atomic E-state index is 0.313. The Bertz CT molecular complexity index is 99.8. The quantitative estimate of drug-likeness (QED) is 0.255. The van der Waals surface area contributed by atoms with Crippen LogP contribution in [-0.4, -0.2) is 18.9 Å². The molecule has 0 amide bonds. The van der Waals surface area contributed by atoms with Crippen LogP contribution in [0.2, 0.25) is 0 Å². The highest BCUT2D eigenvalue weighted by Gasteiger charge is 2.04. The number of hydrogen-bond donors (Lipinski definition) is 3. The molecule has 0 fully saturated rings. The van der Waals surface area contributed by atoms with Gasteiger partial charge in [-0.1, -0.05) is 6.42 Å².